The number of allylic oxidation sites excluding steroid dienone is 1. The van der Waals surface area contributed by atoms with E-state index in [4.69, 9.17) is 24.2 Å². The molecule has 0 bridgehead atoms. The smallest absolute Gasteiger partial charge is 0.230 e. The molecule has 1 saturated carbocycles. The molecule has 2 N–H and O–H groups in total. The first-order valence-electron chi connectivity index (χ1n) is 23.2. The Hall–Kier alpha value is -2.04. The van der Waals surface area contributed by atoms with Crippen LogP contribution in [0.5, 0.6) is 11.5 Å². The van der Waals surface area contributed by atoms with Crippen LogP contribution in [-0.2, 0) is 9.57 Å². The predicted molar refractivity (Wildman–Crippen MR) is 237 cm³/mol. The highest BCUT2D eigenvalue weighted by Crippen LogP contribution is 2.62. The van der Waals surface area contributed by atoms with Crippen molar-refractivity contribution in [3.63, 3.8) is 0 Å². The summed E-state index contributed by atoms with van der Waals surface area (Å²) in [7, 11) is 1.66. The second-order valence-corrected chi connectivity index (χ2v) is 18.4. The zero-order chi connectivity index (χ0) is 40.1. The van der Waals surface area contributed by atoms with Gasteiger partial charge in [0.1, 0.15) is 25.2 Å². The van der Waals surface area contributed by atoms with Gasteiger partial charge in [-0.05, 0) is 73.5 Å². The summed E-state index contributed by atoms with van der Waals surface area (Å²) in [5.74, 6) is 2.48. The average Bonchev–Trinajstić information content (AvgIpc) is 4.05. The van der Waals surface area contributed by atoms with Gasteiger partial charge in [-0.2, -0.15) is 11.8 Å². The van der Waals surface area contributed by atoms with Crippen LogP contribution in [0.15, 0.2) is 47.7 Å². The van der Waals surface area contributed by atoms with Gasteiger partial charge in [0, 0.05) is 50.8 Å². The maximum Gasteiger partial charge on any atom is 0.230 e. The fourth-order valence-electron chi connectivity index (χ4n) is 9.79. The lowest BCUT2D eigenvalue weighted by Gasteiger charge is -2.58. The molecule has 8 nitrogen and oxygen atoms in total. The molecule has 9 heteroatoms. The minimum atomic E-state index is -0.905. The number of aliphatic hydroxyl groups is 2. The molecule has 57 heavy (non-hydrogen) atoms. The summed E-state index contributed by atoms with van der Waals surface area (Å²) in [6.07, 6.45) is 29.4. The van der Waals surface area contributed by atoms with E-state index in [0.717, 1.165) is 81.1 Å². The summed E-state index contributed by atoms with van der Waals surface area (Å²) in [5.41, 5.74) is 3.37. The number of ether oxygens (including phenoxy) is 3. The number of unbranched alkanes of at least 4 members (excludes halogenated alkanes) is 15. The lowest BCUT2D eigenvalue weighted by atomic mass is 9.56. The molecule has 2 heterocycles. The maximum absolute atomic E-state index is 9.87. The molecule has 0 amide bonds. The van der Waals surface area contributed by atoms with E-state index in [0.29, 0.717) is 25.6 Å². The molecule has 4 aliphatic rings. The summed E-state index contributed by atoms with van der Waals surface area (Å²) < 4.78 is 20.8. The third-order valence-corrected chi connectivity index (χ3v) is 14.3. The maximum atomic E-state index is 9.87. The molecule has 6 atom stereocenters. The van der Waals surface area contributed by atoms with Gasteiger partial charge in [0.15, 0.2) is 0 Å². The Bertz CT molecular complexity index is 1370. The second-order valence-electron chi connectivity index (χ2n) is 17.1. The van der Waals surface area contributed by atoms with E-state index in [9.17, 15) is 10.2 Å². The molecule has 1 saturated heterocycles. The fourth-order valence-corrected chi connectivity index (χ4v) is 11.2. The van der Waals surface area contributed by atoms with Crippen LogP contribution in [0, 0.1) is 17.8 Å². The number of nitrogens with zero attached hydrogens (tertiary/aromatic N) is 2. The summed E-state index contributed by atoms with van der Waals surface area (Å²) in [6.45, 7) is 11.1. The normalized spacial score (nSPS) is 25.7. The van der Waals surface area contributed by atoms with Crippen molar-refractivity contribution in [2.24, 2.45) is 22.9 Å². The van der Waals surface area contributed by atoms with Gasteiger partial charge in [-0.25, -0.2) is 0 Å². The number of oxime groups is 1. The Balaban J connectivity index is 1.34. The molecule has 6 unspecified atom stereocenters. The van der Waals surface area contributed by atoms with Gasteiger partial charge in [-0.1, -0.05) is 121 Å². The second kappa shape index (κ2) is 25.6. The van der Waals surface area contributed by atoms with Crippen molar-refractivity contribution in [2.45, 2.75) is 159 Å². The van der Waals surface area contributed by atoms with E-state index in [-0.39, 0.29) is 36.2 Å². The van der Waals surface area contributed by atoms with Gasteiger partial charge in [0.25, 0.3) is 0 Å². The van der Waals surface area contributed by atoms with Crippen LogP contribution in [-0.4, -0.2) is 90.8 Å². The van der Waals surface area contributed by atoms with Gasteiger partial charge in [-0.3, -0.25) is 4.90 Å². The summed E-state index contributed by atoms with van der Waals surface area (Å²) in [4.78, 5) is 7.98. The van der Waals surface area contributed by atoms with Crippen LogP contribution in [0.1, 0.15) is 153 Å². The molecule has 0 radical (unpaired) electrons. The molecule has 2 aliphatic heterocycles. The molecular formula is C48H78N2O6S. The van der Waals surface area contributed by atoms with Crippen molar-refractivity contribution in [3.8, 4) is 11.5 Å². The summed E-state index contributed by atoms with van der Waals surface area (Å²) >= 11 is 1.98. The summed E-state index contributed by atoms with van der Waals surface area (Å²) in [5, 5.41) is 24.4. The van der Waals surface area contributed by atoms with Crippen LogP contribution < -0.4 is 9.47 Å². The standard InChI is InChI=1S/C48H78N2O6S/c1-4-6-7-8-9-10-11-12-13-14-15-16-17-22-34-57-45-37-43(49-53-3)41-35-38(23-18-20-30-51)40(24-19-21-31-52)46-42-36-39(54-33-29-50-27-28-50)25-26-44(42)56-48(45,47(41)46)55-32-5-2/h5,25-26,35-36,38,40,45-47,51-52H,2,4,6-24,27-34,37H2,1,3H3. The summed E-state index contributed by atoms with van der Waals surface area (Å²) in [6, 6.07) is 6.43. The quantitative estimate of drug-likeness (QED) is 0.0322. The first-order chi connectivity index (χ1) is 28.1. The molecule has 5 rings (SSSR count). The molecule has 0 aromatic heterocycles. The minimum absolute atomic E-state index is 0.0127. The number of benzene rings is 1. The number of hydrogen-bond donors (Lipinski definition) is 2. The van der Waals surface area contributed by atoms with Gasteiger partial charge in [0.2, 0.25) is 5.79 Å². The number of fused-ring (bicyclic) bond motifs is 2. The third kappa shape index (κ3) is 13.5. The first kappa shape index (κ1) is 46.0. The van der Waals surface area contributed by atoms with E-state index in [1.54, 1.807) is 7.11 Å². The topological polar surface area (TPSA) is 92.8 Å². The van der Waals surface area contributed by atoms with Gasteiger partial charge < -0.3 is 29.3 Å². The Kier molecular flexibility index (Phi) is 20.6. The van der Waals surface area contributed by atoms with E-state index in [1.165, 1.54) is 101 Å². The van der Waals surface area contributed by atoms with Crippen LogP contribution in [0.25, 0.3) is 0 Å². The van der Waals surface area contributed by atoms with Gasteiger partial charge in [0.05, 0.1) is 23.5 Å². The predicted octanol–water partition coefficient (Wildman–Crippen LogP) is 10.9. The van der Waals surface area contributed by atoms with Gasteiger partial charge in [-0.15, -0.1) is 6.58 Å². The molecular weight excluding hydrogens is 733 g/mol. The van der Waals surface area contributed by atoms with E-state index in [1.807, 2.05) is 17.8 Å². The molecule has 0 spiro atoms. The molecule has 1 aromatic carbocycles. The number of thioether (sulfide) groups is 1. The van der Waals surface area contributed by atoms with Crippen molar-refractivity contribution >= 4 is 17.5 Å². The highest BCUT2D eigenvalue weighted by atomic mass is 32.2. The number of rotatable bonds is 32. The lowest BCUT2D eigenvalue weighted by Crippen LogP contribution is -2.64. The Morgan fingerprint density at radius 3 is 2.19 bits per heavy atom. The van der Waals surface area contributed by atoms with Crippen molar-refractivity contribution in [1.29, 1.82) is 0 Å². The third-order valence-electron chi connectivity index (χ3n) is 12.9. The van der Waals surface area contributed by atoms with Crippen molar-refractivity contribution < 1.29 is 29.3 Å². The van der Waals surface area contributed by atoms with Crippen molar-refractivity contribution in [3.05, 3.63) is 48.1 Å². The molecule has 1 aromatic rings. The first-order valence-corrected chi connectivity index (χ1v) is 24.2. The van der Waals surface area contributed by atoms with Crippen molar-refractivity contribution in [2.75, 3.05) is 58.9 Å². The minimum Gasteiger partial charge on any atom is -0.492 e. The van der Waals surface area contributed by atoms with E-state index < -0.39 is 5.79 Å². The van der Waals surface area contributed by atoms with E-state index in [2.05, 4.69) is 42.7 Å². The number of aliphatic hydroxyl groups excluding tert-OH is 2. The van der Waals surface area contributed by atoms with Crippen LogP contribution >= 0.6 is 11.8 Å². The Morgan fingerprint density at radius 1 is 0.895 bits per heavy atom. The van der Waals surface area contributed by atoms with Crippen LogP contribution in [0.4, 0.5) is 0 Å². The molecule has 322 valence electrons. The van der Waals surface area contributed by atoms with Crippen LogP contribution in [0.2, 0.25) is 0 Å². The average molecular weight is 811 g/mol. The van der Waals surface area contributed by atoms with Crippen molar-refractivity contribution in [1.82, 2.24) is 4.90 Å². The molecule has 2 fully saturated rings. The van der Waals surface area contributed by atoms with Crippen LogP contribution in [0.3, 0.4) is 0 Å². The largest absolute Gasteiger partial charge is 0.492 e. The highest BCUT2D eigenvalue weighted by molar-refractivity contribution is 8.00. The zero-order valence-electron chi connectivity index (χ0n) is 35.8. The Labute approximate surface area is 350 Å². The lowest BCUT2D eigenvalue weighted by molar-refractivity contribution is -0.223. The van der Waals surface area contributed by atoms with E-state index >= 15 is 0 Å². The zero-order valence-corrected chi connectivity index (χ0v) is 36.6. The SMILES string of the molecule is C=CCOC12Oc3ccc(OCCN4CC4)cc3C3C(CCCCO)C(CCCCO)C=C(C(=NOC)CC1SCCCCCCCCCCCCCCCC)C32. The van der Waals surface area contributed by atoms with Gasteiger partial charge >= 0.3 is 0 Å². The molecule has 2 aliphatic carbocycles. The Morgan fingerprint density at radius 2 is 1.56 bits per heavy atom. The monoisotopic (exact) mass is 811 g/mol. The number of hydrogen-bond acceptors (Lipinski definition) is 9. The highest BCUT2D eigenvalue weighted by Gasteiger charge is 2.63. The fraction of sp³-hybridized carbons (Fsp3) is 0.771.